The molecule has 2 heterocycles. The molecule has 0 aliphatic carbocycles. The highest BCUT2D eigenvalue weighted by atomic mass is 16.5. The first-order chi connectivity index (χ1) is 13.2. The maximum absolute atomic E-state index is 13.0. The Labute approximate surface area is 161 Å². The summed E-state index contributed by atoms with van der Waals surface area (Å²) >= 11 is 0. The Morgan fingerprint density at radius 1 is 1.07 bits per heavy atom. The molecule has 2 aliphatic rings. The van der Waals surface area contributed by atoms with Gasteiger partial charge in [0.25, 0.3) is 5.91 Å². The van der Waals surface area contributed by atoms with Crippen molar-refractivity contribution in [3.8, 4) is 5.75 Å². The van der Waals surface area contributed by atoms with Crippen molar-refractivity contribution in [2.75, 3.05) is 26.2 Å². The first-order valence-corrected chi connectivity index (χ1v) is 10.0. The predicted octanol–water partition coefficient (Wildman–Crippen LogP) is 3.76. The van der Waals surface area contributed by atoms with Crippen molar-refractivity contribution in [2.45, 2.75) is 38.2 Å². The Kier molecular flexibility index (Phi) is 5.44. The number of rotatable bonds is 4. The number of nitrogens with zero attached hydrogens (tertiary/aromatic N) is 1. The third-order valence-corrected chi connectivity index (χ3v) is 5.78. The second-order valence-corrected chi connectivity index (χ2v) is 7.69. The fourth-order valence-electron chi connectivity index (χ4n) is 4.09. The summed E-state index contributed by atoms with van der Waals surface area (Å²) in [7, 11) is 0. The molecule has 4 heteroatoms. The summed E-state index contributed by atoms with van der Waals surface area (Å²) in [6.45, 7) is 5.66. The highest BCUT2D eigenvalue weighted by Crippen LogP contribution is 2.25. The summed E-state index contributed by atoms with van der Waals surface area (Å²) in [5.74, 6) is 1.64. The smallest absolute Gasteiger partial charge is 0.253 e. The zero-order chi connectivity index (χ0) is 18.6. The van der Waals surface area contributed by atoms with Gasteiger partial charge in [0.2, 0.25) is 0 Å². The van der Waals surface area contributed by atoms with E-state index in [4.69, 9.17) is 4.74 Å². The third-order valence-electron chi connectivity index (χ3n) is 5.78. The second-order valence-electron chi connectivity index (χ2n) is 7.69. The monoisotopic (exact) mass is 364 g/mol. The summed E-state index contributed by atoms with van der Waals surface area (Å²) in [6.07, 6.45) is 3.10. The Morgan fingerprint density at radius 2 is 1.89 bits per heavy atom. The van der Waals surface area contributed by atoms with E-state index in [2.05, 4.69) is 30.4 Å². The summed E-state index contributed by atoms with van der Waals surface area (Å²) in [4.78, 5) is 14.9. The minimum atomic E-state index is 0.150. The van der Waals surface area contributed by atoms with E-state index in [1.807, 2.05) is 35.2 Å². The van der Waals surface area contributed by atoms with Crippen LogP contribution in [0.25, 0.3) is 0 Å². The fourth-order valence-corrected chi connectivity index (χ4v) is 4.09. The number of hydrogen-bond acceptors (Lipinski definition) is 3. The lowest BCUT2D eigenvalue weighted by atomic mass is 9.96. The third kappa shape index (κ3) is 4.16. The number of ether oxygens (including phenoxy) is 1. The maximum Gasteiger partial charge on any atom is 0.253 e. The fraction of sp³-hybridized carbons (Fsp3) is 0.435. The molecule has 0 unspecified atom stereocenters. The van der Waals surface area contributed by atoms with Crippen molar-refractivity contribution < 1.29 is 9.53 Å². The van der Waals surface area contributed by atoms with Crippen LogP contribution >= 0.6 is 0 Å². The van der Waals surface area contributed by atoms with Crippen molar-refractivity contribution in [2.24, 2.45) is 0 Å². The van der Waals surface area contributed by atoms with Crippen molar-refractivity contribution in [3.05, 3.63) is 65.2 Å². The van der Waals surface area contributed by atoms with Crippen LogP contribution in [0.4, 0.5) is 0 Å². The first kappa shape index (κ1) is 18.1. The number of piperidine rings is 1. The van der Waals surface area contributed by atoms with Crippen LogP contribution in [-0.4, -0.2) is 43.1 Å². The van der Waals surface area contributed by atoms with Crippen molar-refractivity contribution in [1.82, 2.24) is 10.2 Å². The summed E-state index contributed by atoms with van der Waals surface area (Å²) in [5, 5.41) is 3.40. The van der Waals surface area contributed by atoms with Gasteiger partial charge in [-0.3, -0.25) is 4.79 Å². The number of likely N-dealkylation sites (tertiary alicyclic amines) is 1. The number of carbonyl (C=O) groups is 1. The van der Waals surface area contributed by atoms with Gasteiger partial charge in [-0.2, -0.15) is 0 Å². The van der Waals surface area contributed by atoms with Crippen molar-refractivity contribution in [1.29, 1.82) is 0 Å². The van der Waals surface area contributed by atoms with Gasteiger partial charge in [0.1, 0.15) is 11.9 Å². The summed E-state index contributed by atoms with van der Waals surface area (Å²) in [5.41, 5.74) is 3.26. The van der Waals surface area contributed by atoms with Gasteiger partial charge in [-0.05, 0) is 55.1 Å². The lowest BCUT2D eigenvalue weighted by Crippen LogP contribution is -2.41. The maximum atomic E-state index is 13.0. The lowest BCUT2D eigenvalue weighted by molar-refractivity contribution is 0.0594. The van der Waals surface area contributed by atoms with E-state index >= 15 is 0 Å². The van der Waals surface area contributed by atoms with Gasteiger partial charge in [-0.1, -0.05) is 30.3 Å². The first-order valence-electron chi connectivity index (χ1n) is 10.0. The molecule has 1 amide bonds. The van der Waals surface area contributed by atoms with Gasteiger partial charge < -0.3 is 15.0 Å². The van der Waals surface area contributed by atoms with Crippen molar-refractivity contribution in [3.63, 3.8) is 0 Å². The molecule has 1 N–H and O–H groups in total. The zero-order valence-electron chi connectivity index (χ0n) is 16.0. The molecule has 27 heavy (non-hydrogen) atoms. The van der Waals surface area contributed by atoms with Crippen LogP contribution in [0.15, 0.2) is 48.5 Å². The molecule has 4 nitrogen and oxygen atoms in total. The van der Waals surface area contributed by atoms with Crippen LogP contribution in [0.5, 0.6) is 5.75 Å². The number of hydrogen-bond donors (Lipinski definition) is 1. The Hall–Kier alpha value is -2.33. The highest BCUT2D eigenvalue weighted by Gasteiger charge is 2.26. The summed E-state index contributed by atoms with van der Waals surface area (Å²) in [6, 6.07) is 16.3. The standard InChI is InChI=1S/C23H28N2O2/c1-17-5-2-3-8-22(17)27-21-10-13-25(14-11-21)23(26)19-7-4-6-18(15-19)20-9-12-24-16-20/h2-8,15,20-21,24H,9-14,16H2,1H3/t20-/m1/s1. The van der Waals surface area contributed by atoms with Crippen LogP contribution in [0.1, 0.15) is 46.7 Å². The number of benzene rings is 2. The van der Waals surface area contributed by atoms with E-state index < -0.39 is 0 Å². The highest BCUT2D eigenvalue weighted by molar-refractivity contribution is 5.94. The number of amides is 1. The Bertz CT molecular complexity index is 790. The average Bonchev–Trinajstić information content (AvgIpc) is 3.25. The molecule has 0 saturated carbocycles. The molecule has 2 aliphatic heterocycles. The van der Waals surface area contributed by atoms with Gasteiger partial charge >= 0.3 is 0 Å². The molecule has 1 atom stereocenters. The Morgan fingerprint density at radius 3 is 2.63 bits per heavy atom. The van der Waals surface area contributed by atoms with Crippen molar-refractivity contribution >= 4 is 5.91 Å². The minimum Gasteiger partial charge on any atom is -0.490 e. The molecule has 0 radical (unpaired) electrons. The van der Waals surface area contributed by atoms with Gasteiger partial charge in [-0.15, -0.1) is 0 Å². The number of nitrogens with one attached hydrogen (secondary N) is 1. The Balaban J connectivity index is 1.36. The molecule has 0 bridgehead atoms. The van der Waals surface area contributed by atoms with Crippen LogP contribution in [-0.2, 0) is 0 Å². The molecule has 4 rings (SSSR count). The zero-order valence-corrected chi connectivity index (χ0v) is 16.0. The predicted molar refractivity (Wildman–Crippen MR) is 107 cm³/mol. The normalized spacial score (nSPS) is 20.6. The molecule has 2 aromatic carbocycles. The minimum absolute atomic E-state index is 0.150. The van der Waals surface area contributed by atoms with E-state index in [9.17, 15) is 4.79 Å². The lowest BCUT2D eigenvalue weighted by Gasteiger charge is -2.32. The largest absolute Gasteiger partial charge is 0.490 e. The topological polar surface area (TPSA) is 41.6 Å². The van der Waals surface area contributed by atoms with Gasteiger partial charge in [0.15, 0.2) is 0 Å². The van der Waals surface area contributed by atoms with Gasteiger partial charge in [0.05, 0.1) is 0 Å². The van der Waals surface area contributed by atoms with Gasteiger partial charge in [0, 0.05) is 38.0 Å². The van der Waals surface area contributed by atoms with Crippen LogP contribution in [0, 0.1) is 6.92 Å². The van der Waals surface area contributed by atoms with E-state index in [-0.39, 0.29) is 12.0 Å². The van der Waals surface area contributed by atoms with Crippen LogP contribution in [0.2, 0.25) is 0 Å². The second kappa shape index (κ2) is 8.13. The van der Waals surface area contributed by atoms with E-state index in [1.54, 1.807) is 0 Å². The van der Waals surface area contributed by atoms with Crippen LogP contribution in [0.3, 0.4) is 0 Å². The van der Waals surface area contributed by atoms with E-state index in [1.165, 1.54) is 5.56 Å². The number of carbonyl (C=O) groups excluding carboxylic acids is 1. The number of aryl methyl sites for hydroxylation is 1. The molecule has 0 spiro atoms. The molecule has 2 fully saturated rings. The van der Waals surface area contributed by atoms with Gasteiger partial charge in [-0.25, -0.2) is 0 Å². The van der Waals surface area contributed by atoms with E-state index in [0.717, 1.165) is 62.3 Å². The quantitative estimate of drug-likeness (QED) is 0.898. The molecular weight excluding hydrogens is 336 g/mol. The van der Waals surface area contributed by atoms with E-state index in [0.29, 0.717) is 5.92 Å². The molecule has 2 aromatic rings. The molecular formula is C23H28N2O2. The average molecular weight is 364 g/mol. The summed E-state index contributed by atoms with van der Waals surface area (Å²) < 4.78 is 6.16. The number of para-hydroxylation sites is 1. The van der Waals surface area contributed by atoms with Crippen LogP contribution < -0.4 is 10.1 Å². The molecule has 2 saturated heterocycles. The molecule has 142 valence electrons. The molecule has 0 aromatic heterocycles. The SMILES string of the molecule is Cc1ccccc1OC1CCN(C(=O)c2cccc([C@@H]3CCNC3)c2)CC1.